The van der Waals surface area contributed by atoms with Crippen LogP contribution in [0.25, 0.3) is 0 Å². The highest BCUT2D eigenvalue weighted by atomic mass is 19.4. The van der Waals surface area contributed by atoms with E-state index in [9.17, 15) is 22.4 Å². The Bertz CT molecular complexity index is 406. The number of allylic oxidation sites excluding steroid dienone is 1. The van der Waals surface area contributed by atoms with Crippen LogP contribution < -0.4 is 0 Å². The highest BCUT2D eigenvalue weighted by Crippen LogP contribution is 2.32. The minimum atomic E-state index is -4.75. The normalized spacial score (nSPS) is 11.2. The van der Waals surface area contributed by atoms with Crippen LogP contribution in [0.3, 0.4) is 0 Å². The number of hydrogen-bond acceptors (Lipinski definition) is 1. The van der Waals surface area contributed by atoms with E-state index in [1.165, 1.54) is 0 Å². The van der Waals surface area contributed by atoms with Crippen molar-refractivity contribution in [3.8, 4) is 0 Å². The molecule has 0 unspecified atom stereocenters. The predicted octanol–water partition coefficient (Wildman–Crippen LogP) is 3.21. The van der Waals surface area contributed by atoms with Crippen LogP contribution in [0.5, 0.6) is 0 Å². The van der Waals surface area contributed by atoms with Gasteiger partial charge >= 0.3 is 6.18 Å². The number of carbonyl (C=O) groups excluding carboxylic acids is 1. The third-order valence-electron chi connectivity index (χ3n) is 1.74. The summed E-state index contributed by atoms with van der Waals surface area (Å²) in [6, 6.07) is 1.88. The third-order valence-corrected chi connectivity index (χ3v) is 1.74. The van der Waals surface area contributed by atoms with Gasteiger partial charge < -0.3 is 0 Å². The summed E-state index contributed by atoms with van der Waals surface area (Å²) in [6.45, 7) is 3.07. The monoisotopic (exact) mass is 218 g/mol. The summed E-state index contributed by atoms with van der Waals surface area (Å²) in [7, 11) is 0. The lowest BCUT2D eigenvalue weighted by atomic mass is 10.0. The molecule has 1 rings (SSSR count). The summed E-state index contributed by atoms with van der Waals surface area (Å²) in [6.07, 6.45) is -4.00. The van der Waals surface area contributed by atoms with Crippen molar-refractivity contribution in [3.63, 3.8) is 0 Å². The predicted molar refractivity (Wildman–Crippen MR) is 45.9 cm³/mol. The van der Waals surface area contributed by atoms with Crippen LogP contribution in [0, 0.1) is 5.82 Å². The summed E-state index contributed by atoms with van der Waals surface area (Å²) in [5.74, 6) is -1.93. The van der Waals surface area contributed by atoms with Gasteiger partial charge in [0.05, 0.1) is 5.56 Å². The number of halogens is 4. The summed E-state index contributed by atoms with van der Waals surface area (Å²) < 4.78 is 49.7. The zero-order valence-electron chi connectivity index (χ0n) is 7.44. The van der Waals surface area contributed by atoms with Crippen LogP contribution in [0.4, 0.5) is 17.6 Å². The molecule has 1 aromatic rings. The van der Waals surface area contributed by atoms with E-state index in [0.29, 0.717) is 0 Å². The van der Waals surface area contributed by atoms with Crippen molar-refractivity contribution < 1.29 is 22.4 Å². The van der Waals surface area contributed by atoms with Crippen molar-refractivity contribution in [1.29, 1.82) is 0 Å². The van der Waals surface area contributed by atoms with Gasteiger partial charge in [-0.25, -0.2) is 4.39 Å². The van der Waals surface area contributed by atoms with Gasteiger partial charge in [-0.3, -0.25) is 4.79 Å². The molecule has 0 N–H and O–H groups in total. The smallest absolute Gasteiger partial charge is 0.289 e. The Morgan fingerprint density at radius 2 is 1.93 bits per heavy atom. The molecule has 0 aromatic heterocycles. The van der Waals surface area contributed by atoms with Crippen molar-refractivity contribution in [3.05, 3.63) is 47.8 Å². The Labute approximate surface area is 83.0 Å². The van der Waals surface area contributed by atoms with Crippen molar-refractivity contribution >= 4 is 5.78 Å². The molecule has 0 atom stereocenters. The average Bonchev–Trinajstić information content (AvgIpc) is 2.15. The molecular weight excluding hydrogens is 212 g/mol. The van der Waals surface area contributed by atoms with Gasteiger partial charge in [-0.2, -0.15) is 13.2 Å². The van der Waals surface area contributed by atoms with Crippen molar-refractivity contribution in [1.82, 2.24) is 0 Å². The van der Waals surface area contributed by atoms with Gasteiger partial charge in [0.1, 0.15) is 5.82 Å². The summed E-state index contributed by atoms with van der Waals surface area (Å²) >= 11 is 0. The minimum absolute atomic E-state index is 0.288. The van der Waals surface area contributed by atoms with Crippen LogP contribution >= 0.6 is 0 Å². The molecule has 0 spiro atoms. The fraction of sp³-hybridized carbons (Fsp3) is 0.100. The lowest BCUT2D eigenvalue weighted by molar-refractivity contribution is -0.138. The van der Waals surface area contributed by atoms with Crippen LogP contribution in [-0.2, 0) is 6.18 Å². The first-order valence-corrected chi connectivity index (χ1v) is 3.90. The Morgan fingerprint density at radius 1 is 1.33 bits per heavy atom. The highest BCUT2D eigenvalue weighted by molar-refractivity contribution is 6.05. The molecule has 1 aromatic carbocycles. The Hall–Kier alpha value is -1.65. The lowest BCUT2D eigenvalue weighted by Gasteiger charge is -2.10. The van der Waals surface area contributed by atoms with E-state index in [2.05, 4.69) is 6.58 Å². The molecule has 15 heavy (non-hydrogen) atoms. The molecule has 0 saturated heterocycles. The van der Waals surface area contributed by atoms with E-state index in [-0.39, 0.29) is 6.07 Å². The zero-order chi connectivity index (χ0) is 11.6. The number of hydrogen-bond donors (Lipinski definition) is 0. The van der Waals surface area contributed by atoms with Gasteiger partial charge in [0.25, 0.3) is 0 Å². The summed E-state index contributed by atoms with van der Waals surface area (Å²) in [4.78, 5) is 11.1. The van der Waals surface area contributed by atoms with E-state index < -0.39 is 28.9 Å². The van der Waals surface area contributed by atoms with Crippen molar-refractivity contribution in [2.75, 3.05) is 0 Å². The van der Waals surface area contributed by atoms with Crippen molar-refractivity contribution in [2.45, 2.75) is 6.18 Å². The Kier molecular flexibility index (Phi) is 2.93. The quantitative estimate of drug-likeness (QED) is 0.423. The molecule has 0 amide bonds. The molecule has 0 heterocycles. The second-order valence-electron chi connectivity index (χ2n) is 2.76. The van der Waals surface area contributed by atoms with Gasteiger partial charge in [-0.05, 0) is 24.3 Å². The van der Waals surface area contributed by atoms with Gasteiger partial charge in [0.2, 0.25) is 0 Å². The molecule has 5 heteroatoms. The van der Waals surface area contributed by atoms with Crippen LogP contribution in [0.1, 0.15) is 15.9 Å². The largest absolute Gasteiger partial charge is 0.417 e. The van der Waals surface area contributed by atoms with E-state index in [1.807, 2.05) is 0 Å². The van der Waals surface area contributed by atoms with Gasteiger partial charge in [-0.1, -0.05) is 6.58 Å². The Morgan fingerprint density at radius 3 is 2.40 bits per heavy atom. The molecule has 0 aliphatic heterocycles. The first-order valence-electron chi connectivity index (χ1n) is 3.90. The van der Waals surface area contributed by atoms with Gasteiger partial charge in [0, 0.05) is 5.56 Å². The standard InChI is InChI=1S/C10H6F4O/c1-2-9(15)7-4-3-6(11)5-8(7)10(12,13)14/h2-5H,1H2. The number of benzene rings is 1. The SMILES string of the molecule is C=CC(=O)c1ccc(F)cc1C(F)(F)F. The van der Waals surface area contributed by atoms with Crippen LogP contribution in [0.15, 0.2) is 30.9 Å². The lowest BCUT2D eigenvalue weighted by Crippen LogP contribution is -2.12. The average molecular weight is 218 g/mol. The maximum Gasteiger partial charge on any atom is 0.417 e. The summed E-state index contributed by atoms with van der Waals surface area (Å²) in [5.41, 5.74) is -1.88. The number of carbonyl (C=O) groups is 1. The maximum absolute atomic E-state index is 12.6. The summed E-state index contributed by atoms with van der Waals surface area (Å²) in [5, 5.41) is 0. The topological polar surface area (TPSA) is 17.1 Å². The Balaban J connectivity index is 3.39. The molecule has 0 saturated carbocycles. The molecule has 80 valence electrons. The molecule has 0 fully saturated rings. The number of ketones is 1. The molecular formula is C10H6F4O. The maximum atomic E-state index is 12.6. The van der Waals surface area contributed by atoms with Gasteiger partial charge in [0.15, 0.2) is 5.78 Å². The van der Waals surface area contributed by atoms with Gasteiger partial charge in [-0.15, -0.1) is 0 Å². The van der Waals surface area contributed by atoms with Crippen molar-refractivity contribution in [2.24, 2.45) is 0 Å². The molecule has 1 nitrogen and oxygen atoms in total. The number of alkyl halides is 3. The highest BCUT2D eigenvalue weighted by Gasteiger charge is 2.35. The zero-order valence-corrected chi connectivity index (χ0v) is 7.44. The minimum Gasteiger partial charge on any atom is -0.289 e. The number of rotatable bonds is 2. The second-order valence-corrected chi connectivity index (χ2v) is 2.76. The first kappa shape index (κ1) is 11.4. The van der Waals surface area contributed by atoms with Crippen LogP contribution in [-0.4, -0.2) is 5.78 Å². The third kappa shape index (κ3) is 2.43. The van der Waals surface area contributed by atoms with E-state index >= 15 is 0 Å². The first-order chi connectivity index (χ1) is 6.86. The van der Waals surface area contributed by atoms with E-state index in [4.69, 9.17) is 0 Å². The molecule has 0 radical (unpaired) electrons. The molecule has 0 aliphatic carbocycles. The fourth-order valence-corrected chi connectivity index (χ4v) is 1.08. The molecule has 0 aliphatic rings. The van der Waals surface area contributed by atoms with E-state index in [1.54, 1.807) is 0 Å². The second kappa shape index (κ2) is 3.84. The van der Waals surface area contributed by atoms with E-state index in [0.717, 1.165) is 18.2 Å². The van der Waals surface area contributed by atoms with Crippen LogP contribution in [0.2, 0.25) is 0 Å². The fourth-order valence-electron chi connectivity index (χ4n) is 1.08. The molecule has 0 bridgehead atoms.